The average molecular weight is 395 g/mol. The first-order chi connectivity index (χ1) is 12.4. The van der Waals surface area contributed by atoms with Crippen LogP contribution in [0.4, 0.5) is 10.1 Å². The quantitative estimate of drug-likeness (QED) is 0.720. The van der Waals surface area contributed by atoms with Gasteiger partial charge in [0.2, 0.25) is 11.8 Å². The molecule has 3 rings (SSSR count). The topological polar surface area (TPSA) is 58.2 Å². The predicted octanol–water partition coefficient (Wildman–Crippen LogP) is 4.21. The lowest BCUT2D eigenvalue weighted by Crippen LogP contribution is -2.40. The van der Waals surface area contributed by atoms with Crippen molar-refractivity contribution in [3.8, 4) is 0 Å². The SMILES string of the molecule is O=C(NCCc1ccc(F)cc1)C1(C(=O)Nc2ccc(Cl)cc2Cl)CC1. The van der Waals surface area contributed by atoms with Crippen molar-refractivity contribution in [2.75, 3.05) is 11.9 Å². The van der Waals surface area contributed by atoms with Crippen LogP contribution in [-0.2, 0) is 16.0 Å². The Morgan fingerprint density at radius 3 is 2.35 bits per heavy atom. The van der Waals surface area contributed by atoms with E-state index in [0.717, 1.165) is 5.56 Å². The van der Waals surface area contributed by atoms with E-state index in [9.17, 15) is 14.0 Å². The lowest BCUT2D eigenvalue weighted by molar-refractivity contribution is -0.134. The molecule has 1 fully saturated rings. The zero-order valence-electron chi connectivity index (χ0n) is 13.8. The molecule has 0 atom stereocenters. The molecule has 0 aliphatic heterocycles. The molecule has 0 radical (unpaired) electrons. The van der Waals surface area contributed by atoms with Crippen LogP contribution in [-0.4, -0.2) is 18.4 Å². The number of rotatable bonds is 6. The third-order valence-corrected chi connectivity index (χ3v) is 4.96. The zero-order valence-corrected chi connectivity index (χ0v) is 15.3. The van der Waals surface area contributed by atoms with E-state index in [4.69, 9.17) is 23.2 Å². The lowest BCUT2D eigenvalue weighted by atomic mass is 10.0. The van der Waals surface area contributed by atoms with Crippen LogP contribution >= 0.6 is 23.2 Å². The third kappa shape index (κ3) is 4.17. The van der Waals surface area contributed by atoms with Crippen molar-refractivity contribution in [2.45, 2.75) is 19.3 Å². The summed E-state index contributed by atoms with van der Waals surface area (Å²) in [7, 11) is 0. The van der Waals surface area contributed by atoms with Gasteiger partial charge >= 0.3 is 0 Å². The van der Waals surface area contributed by atoms with Gasteiger partial charge in [-0.1, -0.05) is 35.3 Å². The van der Waals surface area contributed by atoms with Crippen LogP contribution in [0.5, 0.6) is 0 Å². The zero-order chi connectivity index (χ0) is 18.7. The summed E-state index contributed by atoms with van der Waals surface area (Å²) >= 11 is 11.9. The van der Waals surface area contributed by atoms with E-state index in [0.29, 0.717) is 41.5 Å². The minimum absolute atomic E-state index is 0.299. The van der Waals surface area contributed by atoms with Crippen molar-refractivity contribution >= 4 is 40.7 Å². The number of nitrogens with one attached hydrogen (secondary N) is 2. The van der Waals surface area contributed by atoms with Gasteiger partial charge in [0, 0.05) is 11.6 Å². The van der Waals surface area contributed by atoms with E-state index < -0.39 is 5.41 Å². The van der Waals surface area contributed by atoms with Gasteiger partial charge in [-0.05, 0) is 55.2 Å². The highest BCUT2D eigenvalue weighted by atomic mass is 35.5. The molecule has 2 amide bonds. The van der Waals surface area contributed by atoms with E-state index in [1.165, 1.54) is 18.2 Å². The normalized spacial score (nSPS) is 14.6. The van der Waals surface area contributed by atoms with Crippen LogP contribution in [0.2, 0.25) is 10.0 Å². The molecule has 0 unspecified atom stereocenters. The summed E-state index contributed by atoms with van der Waals surface area (Å²) in [5.41, 5.74) is 0.284. The molecule has 2 aromatic rings. The van der Waals surface area contributed by atoms with Crippen LogP contribution in [0.15, 0.2) is 42.5 Å². The molecule has 2 N–H and O–H groups in total. The number of benzene rings is 2. The highest BCUT2D eigenvalue weighted by molar-refractivity contribution is 6.36. The maximum absolute atomic E-state index is 12.9. The second kappa shape index (κ2) is 7.64. The van der Waals surface area contributed by atoms with Crippen molar-refractivity contribution in [3.05, 3.63) is 63.9 Å². The maximum atomic E-state index is 12.9. The Balaban J connectivity index is 1.56. The molecule has 2 aromatic carbocycles. The van der Waals surface area contributed by atoms with Crippen molar-refractivity contribution in [3.63, 3.8) is 0 Å². The van der Waals surface area contributed by atoms with Gasteiger partial charge in [0.25, 0.3) is 0 Å². The molecule has 1 saturated carbocycles. The first-order valence-electron chi connectivity index (χ1n) is 8.20. The van der Waals surface area contributed by atoms with Gasteiger partial charge in [-0.3, -0.25) is 9.59 Å². The van der Waals surface area contributed by atoms with Gasteiger partial charge in [0.15, 0.2) is 0 Å². The summed E-state index contributed by atoms with van der Waals surface area (Å²) in [4.78, 5) is 25.0. The Morgan fingerprint density at radius 2 is 1.73 bits per heavy atom. The first-order valence-corrected chi connectivity index (χ1v) is 8.95. The molecule has 4 nitrogen and oxygen atoms in total. The van der Waals surface area contributed by atoms with Crippen LogP contribution in [0, 0.1) is 11.2 Å². The summed E-state index contributed by atoms with van der Waals surface area (Å²) in [6, 6.07) is 10.8. The minimum Gasteiger partial charge on any atom is -0.355 e. The molecule has 0 bridgehead atoms. The van der Waals surface area contributed by atoms with Gasteiger partial charge in [-0.2, -0.15) is 0 Å². The smallest absolute Gasteiger partial charge is 0.240 e. The first kappa shape index (κ1) is 18.7. The second-order valence-electron chi connectivity index (χ2n) is 6.29. The van der Waals surface area contributed by atoms with Crippen molar-refractivity contribution in [1.29, 1.82) is 0 Å². The molecular formula is C19H17Cl2FN2O2. The van der Waals surface area contributed by atoms with Gasteiger partial charge in [-0.15, -0.1) is 0 Å². The predicted molar refractivity (Wildman–Crippen MR) is 99.9 cm³/mol. The highest BCUT2D eigenvalue weighted by Crippen LogP contribution is 2.47. The Morgan fingerprint density at radius 1 is 1.04 bits per heavy atom. The molecule has 0 aromatic heterocycles. The Kier molecular flexibility index (Phi) is 5.49. The molecular weight excluding hydrogens is 378 g/mol. The maximum Gasteiger partial charge on any atom is 0.240 e. The van der Waals surface area contributed by atoms with Gasteiger partial charge in [0.05, 0.1) is 10.7 Å². The summed E-state index contributed by atoms with van der Waals surface area (Å²) in [6.45, 7) is 0.376. The van der Waals surface area contributed by atoms with Crippen LogP contribution in [0.25, 0.3) is 0 Å². The van der Waals surface area contributed by atoms with Crippen molar-refractivity contribution in [2.24, 2.45) is 5.41 Å². The van der Waals surface area contributed by atoms with E-state index in [1.54, 1.807) is 24.3 Å². The number of hydrogen-bond acceptors (Lipinski definition) is 2. The van der Waals surface area contributed by atoms with E-state index in [2.05, 4.69) is 10.6 Å². The number of carbonyl (C=O) groups is 2. The Labute approximate surface area is 160 Å². The standard InChI is InChI=1S/C19H17Cl2FN2O2/c20-13-3-6-16(15(21)11-13)24-18(26)19(8-9-19)17(25)23-10-7-12-1-4-14(22)5-2-12/h1-6,11H,7-10H2,(H,23,25)(H,24,26). The molecule has 1 aliphatic rings. The average Bonchev–Trinajstić information content (AvgIpc) is 3.41. The molecule has 1 aliphatic carbocycles. The molecule has 7 heteroatoms. The molecule has 0 heterocycles. The van der Waals surface area contributed by atoms with E-state index in [1.807, 2.05) is 0 Å². The van der Waals surface area contributed by atoms with Gasteiger partial charge in [-0.25, -0.2) is 4.39 Å². The Bertz CT molecular complexity index is 836. The van der Waals surface area contributed by atoms with E-state index >= 15 is 0 Å². The fourth-order valence-corrected chi connectivity index (χ4v) is 3.11. The number of anilines is 1. The van der Waals surface area contributed by atoms with Crippen molar-refractivity contribution < 1.29 is 14.0 Å². The van der Waals surface area contributed by atoms with Gasteiger partial charge < -0.3 is 10.6 Å². The summed E-state index contributed by atoms with van der Waals surface area (Å²) in [6.07, 6.45) is 1.55. The number of amides is 2. The third-order valence-electron chi connectivity index (χ3n) is 4.41. The molecule has 0 saturated heterocycles. The van der Waals surface area contributed by atoms with Crippen molar-refractivity contribution in [1.82, 2.24) is 5.32 Å². The highest BCUT2D eigenvalue weighted by Gasteiger charge is 2.56. The lowest BCUT2D eigenvalue weighted by Gasteiger charge is -2.16. The minimum atomic E-state index is -1.05. The number of carbonyl (C=O) groups excluding carboxylic acids is 2. The summed E-state index contributed by atoms with van der Waals surface area (Å²) < 4.78 is 12.9. The van der Waals surface area contributed by atoms with Gasteiger partial charge in [0.1, 0.15) is 11.2 Å². The number of hydrogen-bond donors (Lipinski definition) is 2. The molecule has 136 valence electrons. The van der Waals surface area contributed by atoms with E-state index in [-0.39, 0.29) is 17.6 Å². The van der Waals surface area contributed by atoms with Crippen LogP contribution in [0.3, 0.4) is 0 Å². The molecule has 26 heavy (non-hydrogen) atoms. The Hall–Kier alpha value is -2.11. The monoisotopic (exact) mass is 394 g/mol. The second-order valence-corrected chi connectivity index (χ2v) is 7.14. The van der Waals surface area contributed by atoms with Crippen LogP contribution < -0.4 is 10.6 Å². The molecule has 0 spiro atoms. The summed E-state index contributed by atoms with van der Waals surface area (Å²) in [5.74, 6) is -0.976. The fraction of sp³-hybridized carbons (Fsp3) is 0.263. The number of halogens is 3. The fourth-order valence-electron chi connectivity index (χ4n) is 2.66. The van der Waals surface area contributed by atoms with Crippen LogP contribution in [0.1, 0.15) is 18.4 Å². The largest absolute Gasteiger partial charge is 0.355 e. The summed E-state index contributed by atoms with van der Waals surface area (Å²) in [5, 5.41) is 6.28.